The highest BCUT2D eigenvalue weighted by atomic mass is 16.6. The van der Waals surface area contributed by atoms with Gasteiger partial charge in [0.05, 0.1) is 5.69 Å². The molecule has 0 radical (unpaired) electrons. The number of hydrogen-bond donors (Lipinski definition) is 2. The van der Waals surface area contributed by atoms with Crippen LogP contribution in [0, 0.1) is 10.1 Å². The third kappa shape index (κ3) is 3.52. The molecule has 0 bridgehead atoms. The van der Waals surface area contributed by atoms with E-state index in [-0.39, 0.29) is 18.3 Å². The third-order valence-corrected chi connectivity index (χ3v) is 1.86. The van der Waals surface area contributed by atoms with Crippen LogP contribution in [0.1, 0.15) is 13.3 Å². The van der Waals surface area contributed by atoms with Gasteiger partial charge in [0, 0.05) is 18.5 Å². The van der Waals surface area contributed by atoms with E-state index in [4.69, 9.17) is 5.73 Å². The molecule has 86 valence electrons. The largest absolute Gasteiger partial charge is 0.379 e. The predicted octanol–water partition coefficient (Wildman–Crippen LogP) is 0.666. The van der Waals surface area contributed by atoms with Gasteiger partial charge in [-0.15, -0.1) is 0 Å². The third-order valence-electron chi connectivity index (χ3n) is 1.86. The SMILES string of the molecule is CC(CC(N)=O)Nc1ccc([N+](=O)[O-])nc1. The predicted molar refractivity (Wildman–Crippen MR) is 57.8 cm³/mol. The van der Waals surface area contributed by atoms with Gasteiger partial charge in [0.25, 0.3) is 0 Å². The number of nitrogens with zero attached hydrogens (tertiary/aromatic N) is 2. The van der Waals surface area contributed by atoms with Gasteiger partial charge in [-0.25, -0.2) is 0 Å². The molecule has 1 amide bonds. The number of pyridine rings is 1. The van der Waals surface area contributed by atoms with Crippen LogP contribution in [-0.2, 0) is 4.79 Å². The van der Waals surface area contributed by atoms with Gasteiger partial charge < -0.3 is 21.2 Å². The van der Waals surface area contributed by atoms with Gasteiger partial charge in [-0.1, -0.05) is 0 Å². The Hall–Kier alpha value is -2.18. The number of nitro groups is 1. The number of amides is 1. The standard InChI is InChI=1S/C9H12N4O3/c1-6(4-8(10)14)12-7-2-3-9(11-5-7)13(15)16/h2-3,5-6,12H,4H2,1H3,(H2,10,14). The van der Waals surface area contributed by atoms with Crippen molar-refractivity contribution in [2.75, 3.05) is 5.32 Å². The molecule has 16 heavy (non-hydrogen) atoms. The number of nitrogens with one attached hydrogen (secondary N) is 1. The smallest absolute Gasteiger partial charge is 0.363 e. The fourth-order valence-corrected chi connectivity index (χ4v) is 1.22. The van der Waals surface area contributed by atoms with Crippen LogP contribution in [0.3, 0.4) is 0 Å². The zero-order valence-corrected chi connectivity index (χ0v) is 8.71. The second kappa shape index (κ2) is 5.06. The van der Waals surface area contributed by atoms with E-state index in [1.165, 1.54) is 18.3 Å². The minimum Gasteiger partial charge on any atom is -0.379 e. The van der Waals surface area contributed by atoms with E-state index in [1.54, 1.807) is 6.92 Å². The number of nitrogens with two attached hydrogens (primary N) is 1. The summed E-state index contributed by atoms with van der Waals surface area (Å²) in [6.45, 7) is 1.78. The Labute approximate surface area is 91.8 Å². The maximum atomic E-state index is 10.6. The Bertz CT molecular complexity index is 390. The first-order valence-corrected chi connectivity index (χ1v) is 4.64. The van der Waals surface area contributed by atoms with Crippen molar-refractivity contribution in [3.8, 4) is 0 Å². The first kappa shape index (κ1) is 11.9. The average Bonchev–Trinajstić information content (AvgIpc) is 2.16. The summed E-state index contributed by atoms with van der Waals surface area (Å²) in [5.74, 6) is -0.622. The average molecular weight is 224 g/mol. The molecule has 0 aliphatic rings. The van der Waals surface area contributed by atoms with Crippen molar-refractivity contribution in [1.82, 2.24) is 4.98 Å². The summed E-state index contributed by atoms with van der Waals surface area (Å²) in [6, 6.07) is 2.68. The van der Waals surface area contributed by atoms with Gasteiger partial charge in [-0.2, -0.15) is 0 Å². The molecule has 1 rings (SSSR count). The lowest BCUT2D eigenvalue weighted by molar-refractivity contribution is -0.389. The Kier molecular flexibility index (Phi) is 3.76. The Morgan fingerprint density at radius 1 is 1.69 bits per heavy atom. The molecule has 7 nitrogen and oxygen atoms in total. The Balaban J connectivity index is 2.61. The zero-order chi connectivity index (χ0) is 12.1. The van der Waals surface area contributed by atoms with Crippen LogP contribution in [0.4, 0.5) is 11.5 Å². The maximum absolute atomic E-state index is 10.6. The summed E-state index contributed by atoms with van der Waals surface area (Å²) < 4.78 is 0. The minimum absolute atomic E-state index is 0.138. The molecular weight excluding hydrogens is 212 g/mol. The molecule has 0 saturated heterocycles. The molecule has 0 fully saturated rings. The summed E-state index contributed by atoms with van der Waals surface area (Å²) in [7, 11) is 0. The molecule has 0 aliphatic heterocycles. The second-order valence-electron chi connectivity index (χ2n) is 3.38. The van der Waals surface area contributed by atoms with E-state index >= 15 is 0 Å². The molecule has 0 spiro atoms. The van der Waals surface area contributed by atoms with E-state index in [2.05, 4.69) is 10.3 Å². The number of carbonyl (C=O) groups is 1. The van der Waals surface area contributed by atoms with Crippen LogP contribution >= 0.6 is 0 Å². The number of carbonyl (C=O) groups excluding carboxylic acids is 1. The van der Waals surface area contributed by atoms with Gasteiger partial charge in [-0.3, -0.25) is 4.79 Å². The second-order valence-corrected chi connectivity index (χ2v) is 3.38. The van der Waals surface area contributed by atoms with Crippen molar-refractivity contribution in [3.63, 3.8) is 0 Å². The zero-order valence-electron chi connectivity index (χ0n) is 8.71. The number of aromatic nitrogens is 1. The van der Waals surface area contributed by atoms with E-state index in [0.29, 0.717) is 5.69 Å². The minimum atomic E-state index is -0.573. The van der Waals surface area contributed by atoms with Crippen molar-refractivity contribution < 1.29 is 9.72 Å². The van der Waals surface area contributed by atoms with Crippen molar-refractivity contribution >= 4 is 17.4 Å². The summed E-state index contributed by atoms with van der Waals surface area (Å²) in [5.41, 5.74) is 5.64. The van der Waals surface area contributed by atoms with Crippen molar-refractivity contribution in [2.24, 2.45) is 5.73 Å². The molecule has 1 aromatic rings. The van der Waals surface area contributed by atoms with Crippen LogP contribution in [0.2, 0.25) is 0 Å². The van der Waals surface area contributed by atoms with Gasteiger partial charge >= 0.3 is 5.82 Å². The number of hydrogen-bond acceptors (Lipinski definition) is 5. The highest BCUT2D eigenvalue weighted by Crippen LogP contribution is 2.12. The van der Waals surface area contributed by atoms with Crippen molar-refractivity contribution in [2.45, 2.75) is 19.4 Å². The molecule has 3 N–H and O–H groups in total. The lowest BCUT2D eigenvalue weighted by Crippen LogP contribution is -2.24. The summed E-state index contributed by atoms with van der Waals surface area (Å²) >= 11 is 0. The molecule has 7 heteroatoms. The first-order valence-electron chi connectivity index (χ1n) is 4.64. The van der Waals surface area contributed by atoms with E-state index < -0.39 is 10.8 Å². The first-order chi connectivity index (χ1) is 7.49. The van der Waals surface area contributed by atoms with Gasteiger partial charge in [0.1, 0.15) is 0 Å². The van der Waals surface area contributed by atoms with Crippen molar-refractivity contribution in [1.29, 1.82) is 0 Å². The molecule has 1 atom stereocenters. The highest BCUT2D eigenvalue weighted by Gasteiger charge is 2.09. The number of anilines is 1. The molecule has 0 aromatic carbocycles. The van der Waals surface area contributed by atoms with Crippen LogP contribution in [-0.4, -0.2) is 21.9 Å². The molecule has 1 heterocycles. The Morgan fingerprint density at radius 3 is 2.81 bits per heavy atom. The molecule has 1 unspecified atom stereocenters. The lowest BCUT2D eigenvalue weighted by atomic mass is 10.2. The Morgan fingerprint density at radius 2 is 2.38 bits per heavy atom. The van der Waals surface area contributed by atoms with E-state index in [9.17, 15) is 14.9 Å². The van der Waals surface area contributed by atoms with E-state index in [0.717, 1.165) is 0 Å². The molecule has 0 aliphatic carbocycles. The fraction of sp³-hybridized carbons (Fsp3) is 0.333. The summed E-state index contributed by atoms with van der Waals surface area (Å²) in [4.78, 5) is 24.0. The summed E-state index contributed by atoms with van der Waals surface area (Å²) in [6.07, 6.45) is 1.53. The normalized spacial score (nSPS) is 11.8. The number of primary amides is 1. The van der Waals surface area contributed by atoms with Gasteiger partial charge in [-0.05, 0) is 22.9 Å². The van der Waals surface area contributed by atoms with Crippen LogP contribution in [0.15, 0.2) is 18.3 Å². The fourth-order valence-electron chi connectivity index (χ4n) is 1.22. The highest BCUT2D eigenvalue weighted by molar-refractivity contribution is 5.74. The monoisotopic (exact) mass is 224 g/mol. The molecular formula is C9H12N4O3. The number of rotatable bonds is 5. The lowest BCUT2D eigenvalue weighted by Gasteiger charge is -2.11. The van der Waals surface area contributed by atoms with Gasteiger partial charge in [0.15, 0.2) is 6.20 Å². The van der Waals surface area contributed by atoms with Crippen LogP contribution in [0.5, 0.6) is 0 Å². The van der Waals surface area contributed by atoms with Crippen LogP contribution < -0.4 is 11.1 Å². The summed E-state index contributed by atoms with van der Waals surface area (Å²) in [5, 5.41) is 13.3. The quantitative estimate of drug-likeness (QED) is 0.563. The maximum Gasteiger partial charge on any atom is 0.363 e. The van der Waals surface area contributed by atoms with E-state index in [1.807, 2.05) is 0 Å². The topological polar surface area (TPSA) is 111 Å². The molecule has 1 aromatic heterocycles. The molecule has 0 saturated carbocycles. The van der Waals surface area contributed by atoms with Crippen LogP contribution in [0.25, 0.3) is 0 Å². The van der Waals surface area contributed by atoms with Crippen molar-refractivity contribution in [3.05, 3.63) is 28.4 Å². The van der Waals surface area contributed by atoms with Gasteiger partial charge in [0.2, 0.25) is 5.91 Å².